The Morgan fingerprint density at radius 2 is 2.20 bits per heavy atom. The lowest BCUT2D eigenvalue weighted by atomic mass is 9.97. The molecule has 0 spiro atoms. The maximum atomic E-state index is 11.3. The maximum Gasteiger partial charge on any atom is 0.150 e. The van der Waals surface area contributed by atoms with Crippen LogP contribution in [0.4, 0.5) is 0 Å². The van der Waals surface area contributed by atoms with Crippen molar-refractivity contribution in [3.05, 3.63) is 0 Å². The summed E-state index contributed by atoms with van der Waals surface area (Å²) in [6.45, 7) is 3.29. The summed E-state index contributed by atoms with van der Waals surface area (Å²) in [5.74, 6) is 1.05. The van der Waals surface area contributed by atoms with Gasteiger partial charge in [0.2, 0.25) is 0 Å². The standard InChI is InChI=1S/C10H19BrO3S/c1-2-15(12,13)7-3-4-9-8-14-6-5-10(9)11/h9-10H,2-8H2,1H3. The molecule has 1 rings (SSSR count). The van der Waals surface area contributed by atoms with Crippen LogP contribution in [0.1, 0.15) is 26.2 Å². The van der Waals surface area contributed by atoms with E-state index in [1.165, 1.54) is 0 Å². The smallest absolute Gasteiger partial charge is 0.150 e. The predicted molar refractivity (Wildman–Crippen MR) is 65.2 cm³/mol. The van der Waals surface area contributed by atoms with Gasteiger partial charge >= 0.3 is 0 Å². The zero-order valence-electron chi connectivity index (χ0n) is 9.12. The first-order valence-electron chi connectivity index (χ1n) is 5.47. The number of hydrogen-bond acceptors (Lipinski definition) is 3. The SMILES string of the molecule is CCS(=O)(=O)CCCC1COCCC1Br. The van der Waals surface area contributed by atoms with Gasteiger partial charge in [0.05, 0.1) is 12.4 Å². The molecule has 1 aliphatic rings. The first-order chi connectivity index (χ1) is 7.05. The molecule has 1 fully saturated rings. The molecule has 0 amide bonds. The Balaban J connectivity index is 2.25. The summed E-state index contributed by atoms with van der Waals surface area (Å²) in [5.41, 5.74) is 0. The van der Waals surface area contributed by atoms with Crippen molar-refractivity contribution in [1.82, 2.24) is 0 Å². The van der Waals surface area contributed by atoms with E-state index in [0.29, 0.717) is 16.5 Å². The Kier molecular flexibility index (Phi) is 5.57. The monoisotopic (exact) mass is 298 g/mol. The topological polar surface area (TPSA) is 43.4 Å². The van der Waals surface area contributed by atoms with Gasteiger partial charge in [-0.05, 0) is 25.2 Å². The van der Waals surface area contributed by atoms with Gasteiger partial charge in [-0.2, -0.15) is 0 Å². The minimum absolute atomic E-state index is 0.256. The summed E-state index contributed by atoms with van der Waals surface area (Å²) in [6.07, 6.45) is 2.73. The largest absolute Gasteiger partial charge is 0.381 e. The highest BCUT2D eigenvalue weighted by molar-refractivity contribution is 9.09. The summed E-state index contributed by atoms with van der Waals surface area (Å²) >= 11 is 3.62. The number of rotatable bonds is 5. The van der Waals surface area contributed by atoms with Crippen molar-refractivity contribution < 1.29 is 13.2 Å². The zero-order valence-corrected chi connectivity index (χ0v) is 11.5. The molecule has 0 aromatic rings. The molecular weight excluding hydrogens is 280 g/mol. The van der Waals surface area contributed by atoms with E-state index in [1.807, 2.05) is 0 Å². The predicted octanol–water partition coefficient (Wildman–Crippen LogP) is 2.00. The van der Waals surface area contributed by atoms with Crippen molar-refractivity contribution in [3.8, 4) is 0 Å². The quantitative estimate of drug-likeness (QED) is 0.729. The fourth-order valence-electron chi connectivity index (χ4n) is 1.74. The number of sulfone groups is 1. The van der Waals surface area contributed by atoms with E-state index in [9.17, 15) is 8.42 Å². The Bertz CT molecular complexity index is 276. The van der Waals surface area contributed by atoms with Crippen LogP contribution in [0.15, 0.2) is 0 Å². The van der Waals surface area contributed by atoms with Crippen LogP contribution in [0, 0.1) is 5.92 Å². The molecule has 3 nitrogen and oxygen atoms in total. The van der Waals surface area contributed by atoms with Crippen LogP contribution < -0.4 is 0 Å². The van der Waals surface area contributed by atoms with Gasteiger partial charge in [0.25, 0.3) is 0 Å². The minimum atomic E-state index is -2.79. The molecule has 90 valence electrons. The van der Waals surface area contributed by atoms with Gasteiger partial charge in [-0.25, -0.2) is 8.42 Å². The molecule has 15 heavy (non-hydrogen) atoms. The lowest BCUT2D eigenvalue weighted by Crippen LogP contribution is -2.28. The van der Waals surface area contributed by atoms with Crippen molar-refractivity contribution in [2.45, 2.75) is 31.0 Å². The molecule has 0 saturated carbocycles. The fourth-order valence-corrected chi connectivity index (χ4v) is 3.24. The van der Waals surface area contributed by atoms with E-state index in [2.05, 4.69) is 15.9 Å². The maximum absolute atomic E-state index is 11.3. The second kappa shape index (κ2) is 6.21. The van der Waals surface area contributed by atoms with Crippen LogP contribution in [0.2, 0.25) is 0 Å². The molecule has 2 atom stereocenters. The molecule has 0 aromatic heterocycles. The molecule has 5 heteroatoms. The molecule has 1 saturated heterocycles. The number of ether oxygens (including phenoxy) is 1. The van der Waals surface area contributed by atoms with E-state index in [-0.39, 0.29) is 5.75 Å². The Hall–Kier alpha value is 0.390. The van der Waals surface area contributed by atoms with E-state index in [4.69, 9.17) is 4.74 Å². The third kappa shape index (κ3) is 4.83. The third-order valence-electron chi connectivity index (χ3n) is 2.85. The number of halogens is 1. The molecule has 0 N–H and O–H groups in total. The lowest BCUT2D eigenvalue weighted by molar-refractivity contribution is 0.0571. The van der Waals surface area contributed by atoms with Crippen LogP contribution in [-0.4, -0.2) is 38.0 Å². The summed E-state index contributed by atoms with van der Waals surface area (Å²) in [7, 11) is -2.79. The fraction of sp³-hybridized carbons (Fsp3) is 1.00. The molecule has 0 aliphatic carbocycles. The Morgan fingerprint density at radius 1 is 1.47 bits per heavy atom. The summed E-state index contributed by atoms with van der Waals surface area (Å²) < 4.78 is 27.9. The normalized spacial score (nSPS) is 27.9. The van der Waals surface area contributed by atoms with Gasteiger partial charge in [-0.15, -0.1) is 0 Å². The highest BCUT2D eigenvalue weighted by Gasteiger charge is 2.23. The number of hydrogen-bond donors (Lipinski definition) is 0. The first kappa shape index (κ1) is 13.5. The van der Waals surface area contributed by atoms with Crippen molar-refractivity contribution in [3.63, 3.8) is 0 Å². The van der Waals surface area contributed by atoms with E-state index >= 15 is 0 Å². The van der Waals surface area contributed by atoms with Crippen molar-refractivity contribution in [1.29, 1.82) is 0 Å². The number of alkyl halides is 1. The third-order valence-corrected chi connectivity index (χ3v) is 5.85. The van der Waals surface area contributed by atoms with E-state index in [0.717, 1.165) is 32.5 Å². The van der Waals surface area contributed by atoms with Crippen LogP contribution in [-0.2, 0) is 14.6 Å². The zero-order chi connectivity index (χ0) is 11.3. The Morgan fingerprint density at radius 3 is 2.80 bits per heavy atom. The average molecular weight is 299 g/mol. The van der Waals surface area contributed by atoms with Gasteiger partial charge < -0.3 is 4.74 Å². The Labute approximate surface area is 101 Å². The van der Waals surface area contributed by atoms with Crippen molar-refractivity contribution in [2.24, 2.45) is 5.92 Å². The van der Waals surface area contributed by atoms with Crippen LogP contribution in [0.25, 0.3) is 0 Å². The average Bonchev–Trinajstić information content (AvgIpc) is 2.21. The van der Waals surface area contributed by atoms with E-state index < -0.39 is 9.84 Å². The van der Waals surface area contributed by atoms with Crippen LogP contribution in [0.3, 0.4) is 0 Å². The van der Waals surface area contributed by atoms with Gasteiger partial charge in [-0.3, -0.25) is 0 Å². The molecular formula is C10H19BrO3S. The van der Waals surface area contributed by atoms with Gasteiger partial charge in [0.15, 0.2) is 0 Å². The molecule has 2 unspecified atom stereocenters. The van der Waals surface area contributed by atoms with Crippen molar-refractivity contribution in [2.75, 3.05) is 24.7 Å². The second-order valence-corrected chi connectivity index (χ2v) is 7.67. The summed E-state index contributed by atoms with van der Waals surface area (Å²) in [6, 6.07) is 0. The van der Waals surface area contributed by atoms with Gasteiger partial charge in [-0.1, -0.05) is 22.9 Å². The van der Waals surface area contributed by atoms with E-state index in [1.54, 1.807) is 6.92 Å². The van der Waals surface area contributed by atoms with Crippen LogP contribution >= 0.6 is 15.9 Å². The molecule has 0 aromatic carbocycles. The summed E-state index contributed by atoms with van der Waals surface area (Å²) in [5, 5.41) is 0. The second-order valence-electron chi connectivity index (χ2n) is 4.02. The molecule has 0 radical (unpaired) electrons. The van der Waals surface area contributed by atoms with Gasteiger partial charge in [0, 0.05) is 17.2 Å². The highest BCUT2D eigenvalue weighted by Crippen LogP contribution is 2.26. The van der Waals surface area contributed by atoms with Gasteiger partial charge in [0.1, 0.15) is 9.84 Å². The highest BCUT2D eigenvalue weighted by atomic mass is 79.9. The molecule has 0 bridgehead atoms. The summed E-state index contributed by atoms with van der Waals surface area (Å²) in [4.78, 5) is 0.496. The first-order valence-corrected chi connectivity index (χ1v) is 8.21. The lowest BCUT2D eigenvalue weighted by Gasteiger charge is -2.27. The molecule has 1 heterocycles. The van der Waals surface area contributed by atoms with Crippen LogP contribution in [0.5, 0.6) is 0 Å². The minimum Gasteiger partial charge on any atom is -0.381 e. The van der Waals surface area contributed by atoms with Crippen molar-refractivity contribution >= 4 is 25.8 Å². The molecule has 1 aliphatic heterocycles.